The molecule has 1 aliphatic carbocycles. The van der Waals surface area contributed by atoms with Crippen molar-refractivity contribution in [2.24, 2.45) is 0 Å². The molecule has 2 aliphatic heterocycles. The molecule has 0 saturated carbocycles. The summed E-state index contributed by atoms with van der Waals surface area (Å²) in [6.07, 6.45) is 0.417. The molecule has 13 heteroatoms. The summed E-state index contributed by atoms with van der Waals surface area (Å²) in [5.41, 5.74) is -0.748. The van der Waals surface area contributed by atoms with Crippen LogP contribution in [-0.2, 0) is 14.3 Å². The van der Waals surface area contributed by atoms with Crippen LogP contribution in [0.1, 0.15) is 23.2 Å². The summed E-state index contributed by atoms with van der Waals surface area (Å²) in [5, 5.41) is 17.5. The highest BCUT2D eigenvalue weighted by Gasteiger charge is 2.45. The Morgan fingerprint density at radius 2 is 1.53 bits per heavy atom. The van der Waals surface area contributed by atoms with Gasteiger partial charge in [0.15, 0.2) is 23.3 Å². The third kappa shape index (κ3) is 4.72. The van der Waals surface area contributed by atoms with Crippen LogP contribution >= 0.6 is 0 Å². The molecule has 32 heavy (non-hydrogen) atoms. The number of benzene rings is 1. The van der Waals surface area contributed by atoms with Crippen LogP contribution in [0.5, 0.6) is 0 Å². The molecule has 2 bridgehead atoms. The minimum absolute atomic E-state index is 0.0495. The second-order valence-electron chi connectivity index (χ2n) is 6.64. The molecule has 8 nitrogen and oxygen atoms in total. The van der Waals surface area contributed by atoms with Crippen molar-refractivity contribution in [2.75, 3.05) is 33.4 Å². The minimum Gasteiger partial charge on any atom is -0.468 e. The summed E-state index contributed by atoms with van der Waals surface area (Å²) in [6, 6.07) is -0.885. The Labute approximate surface area is 178 Å². The molecule has 4 rings (SSSR count). The first-order valence-corrected chi connectivity index (χ1v) is 9.21. The molecule has 2 amide bonds. The number of ether oxygens (including phenoxy) is 1. The summed E-state index contributed by atoms with van der Waals surface area (Å²) in [4.78, 5) is 36.8. The smallest absolute Gasteiger partial charge is 0.325 e. The predicted molar refractivity (Wildman–Crippen MR) is 96.5 cm³/mol. The van der Waals surface area contributed by atoms with Crippen molar-refractivity contribution >= 4 is 17.8 Å². The number of nitrogens with one attached hydrogen (secondary N) is 1. The topological polar surface area (TPSA) is 116 Å². The molecule has 0 spiro atoms. The van der Waals surface area contributed by atoms with Crippen LogP contribution in [0.4, 0.5) is 22.0 Å². The predicted octanol–water partition coefficient (Wildman–Crippen LogP) is 0.557. The maximum absolute atomic E-state index is 13.9. The van der Waals surface area contributed by atoms with Crippen LogP contribution in [0.25, 0.3) is 0 Å². The van der Waals surface area contributed by atoms with E-state index in [-0.39, 0.29) is 38.2 Å². The van der Waals surface area contributed by atoms with Crippen LogP contribution in [0, 0.1) is 29.1 Å². The highest BCUT2D eigenvalue weighted by Crippen LogP contribution is 2.41. The van der Waals surface area contributed by atoms with Gasteiger partial charge in [-0.2, -0.15) is 0 Å². The Hall–Kier alpha value is -3.06. The van der Waals surface area contributed by atoms with Gasteiger partial charge in [0.2, 0.25) is 11.7 Å². The van der Waals surface area contributed by atoms with Crippen LogP contribution in [0.3, 0.4) is 0 Å². The van der Waals surface area contributed by atoms with E-state index >= 15 is 0 Å². The standard InChI is InChI=1S/C17H13F5N2O4.C2H6O2/c1-28-8(25)5-23-16(26)9-6-2-3-24(7(9)4-6)17(27)10-11(18)13(20)15(22)14(21)12(10)19;3-1-2-4/h7H,2-5H2,1H3,(H,23,26);3-4H,1-2H2. The number of amides is 2. The van der Waals surface area contributed by atoms with Crippen molar-refractivity contribution in [1.82, 2.24) is 10.2 Å². The number of hydrogen-bond donors (Lipinski definition) is 3. The maximum atomic E-state index is 13.9. The van der Waals surface area contributed by atoms with E-state index in [1.807, 2.05) is 0 Å². The number of aliphatic hydroxyl groups is 2. The first-order chi connectivity index (χ1) is 15.1. The van der Waals surface area contributed by atoms with Gasteiger partial charge in [0.1, 0.15) is 12.1 Å². The van der Waals surface area contributed by atoms with E-state index in [0.717, 1.165) is 12.0 Å². The van der Waals surface area contributed by atoms with Gasteiger partial charge in [-0.05, 0) is 12.8 Å². The largest absolute Gasteiger partial charge is 0.468 e. The van der Waals surface area contributed by atoms with E-state index in [1.165, 1.54) is 0 Å². The Balaban J connectivity index is 0.000000837. The Bertz CT molecular complexity index is 937. The summed E-state index contributed by atoms with van der Waals surface area (Å²) in [6.45, 7) is -0.726. The van der Waals surface area contributed by atoms with E-state index in [4.69, 9.17) is 10.2 Å². The summed E-state index contributed by atoms with van der Waals surface area (Å²) in [5.74, 6) is -14.1. The molecule has 1 fully saturated rings. The first-order valence-electron chi connectivity index (χ1n) is 9.21. The Morgan fingerprint density at radius 3 is 2.00 bits per heavy atom. The average molecular weight is 466 g/mol. The number of methoxy groups -OCH3 is 1. The molecule has 2 heterocycles. The lowest BCUT2D eigenvalue weighted by atomic mass is 9.75. The molecular formula is C19H19F5N2O6. The van der Waals surface area contributed by atoms with E-state index in [0.29, 0.717) is 5.57 Å². The van der Waals surface area contributed by atoms with E-state index in [2.05, 4.69) is 10.1 Å². The lowest BCUT2D eigenvalue weighted by Crippen LogP contribution is -2.55. The van der Waals surface area contributed by atoms with Crippen molar-refractivity contribution in [2.45, 2.75) is 18.9 Å². The van der Waals surface area contributed by atoms with E-state index < -0.39 is 65.0 Å². The van der Waals surface area contributed by atoms with Gasteiger partial charge in [-0.3, -0.25) is 14.4 Å². The molecule has 1 atom stereocenters. The van der Waals surface area contributed by atoms with Gasteiger partial charge in [-0.1, -0.05) is 5.57 Å². The summed E-state index contributed by atoms with van der Waals surface area (Å²) >= 11 is 0. The fraction of sp³-hybridized carbons (Fsp3) is 0.421. The number of rotatable bonds is 5. The van der Waals surface area contributed by atoms with Gasteiger partial charge < -0.3 is 25.2 Å². The van der Waals surface area contributed by atoms with Crippen LogP contribution in [-0.4, -0.2) is 72.4 Å². The monoisotopic (exact) mass is 466 g/mol. The van der Waals surface area contributed by atoms with Gasteiger partial charge in [0, 0.05) is 12.1 Å². The molecule has 3 N–H and O–H groups in total. The summed E-state index contributed by atoms with van der Waals surface area (Å²) < 4.78 is 72.3. The Morgan fingerprint density at radius 1 is 1.00 bits per heavy atom. The van der Waals surface area contributed by atoms with Gasteiger partial charge >= 0.3 is 5.97 Å². The molecule has 0 radical (unpaired) electrons. The van der Waals surface area contributed by atoms with E-state index in [9.17, 15) is 36.3 Å². The van der Waals surface area contributed by atoms with Crippen molar-refractivity contribution in [1.29, 1.82) is 0 Å². The second kappa shape index (κ2) is 10.5. The molecule has 1 saturated heterocycles. The number of carbonyl (C=O) groups excluding carboxylic acids is 3. The van der Waals surface area contributed by atoms with Crippen molar-refractivity contribution < 1.29 is 51.3 Å². The molecule has 3 aliphatic rings. The molecule has 1 aromatic rings. The van der Waals surface area contributed by atoms with Gasteiger partial charge in [-0.25, -0.2) is 22.0 Å². The number of aliphatic hydroxyl groups excluding tert-OH is 2. The van der Waals surface area contributed by atoms with Gasteiger partial charge in [0.05, 0.1) is 26.4 Å². The highest BCUT2D eigenvalue weighted by atomic mass is 19.2. The zero-order valence-corrected chi connectivity index (χ0v) is 16.7. The number of halogens is 5. The number of piperidine rings is 1. The molecule has 176 valence electrons. The van der Waals surface area contributed by atoms with Crippen molar-refractivity contribution in [3.8, 4) is 0 Å². The number of carbonyl (C=O) groups is 3. The van der Waals surface area contributed by atoms with Crippen molar-refractivity contribution in [3.05, 3.63) is 45.8 Å². The molecule has 1 unspecified atom stereocenters. The molecule has 1 aromatic carbocycles. The number of nitrogens with zero attached hydrogens (tertiary/aromatic N) is 1. The molecular weight excluding hydrogens is 447 g/mol. The first kappa shape index (κ1) is 25.2. The number of esters is 1. The SMILES string of the molecule is COC(=O)CNC(=O)C1=C2CCN(C(=O)c3c(F)c(F)c(F)c(F)c3F)C1C2.OCCO. The fourth-order valence-electron chi connectivity index (χ4n) is 3.28. The third-order valence-corrected chi connectivity index (χ3v) is 4.83. The average Bonchev–Trinajstić information content (AvgIpc) is 2.79. The van der Waals surface area contributed by atoms with Gasteiger partial charge in [-0.15, -0.1) is 0 Å². The van der Waals surface area contributed by atoms with Crippen molar-refractivity contribution in [3.63, 3.8) is 0 Å². The maximum Gasteiger partial charge on any atom is 0.325 e. The second-order valence-corrected chi connectivity index (χ2v) is 6.64. The number of hydrogen-bond acceptors (Lipinski definition) is 6. The van der Waals surface area contributed by atoms with E-state index in [1.54, 1.807) is 0 Å². The summed E-state index contributed by atoms with van der Waals surface area (Å²) in [7, 11) is 1.12. The van der Waals surface area contributed by atoms with Gasteiger partial charge in [0.25, 0.3) is 5.91 Å². The lowest BCUT2D eigenvalue weighted by molar-refractivity contribution is -0.140. The van der Waals surface area contributed by atoms with Crippen LogP contribution in [0.2, 0.25) is 0 Å². The van der Waals surface area contributed by atoms with Crippen LogP contribution in [0.15, 0.2) is 11.1 Å². The zero-order chi connectivity index (χ0) is 24.2. The molecule has 0 aromatic heterocycles. The third-order valence-electron chi connectivity index (χ3n) is 4.83. The quantitative estimate of drug-likeness (QED) is 0.253. The lowest BCUT2D eigenvalue weighted by Gasteiger charge is -2.46. The number of fused-ring (bicyclic) bond motifs is 2. The fourth-order valence-corrected chi connectivity index (χ4v) is 3.28. The minimum atomic E-state index is -2.36. The van der Waals surface area contributed by atoms with Crippen LogP contribution < -0.4 is 5.32 Å². The Kier molecular flexibility index (Phi) is 8.27. The highest BCUT2D eigenvalue weighted by molar-refractivity contribution is 6.02. The zero-order valence-electron chi connectivity index (χ0n) is 16.7. The normalized spacial score (nSPS) is 16.6.